The van der Waals surface area contributed by atoms with E-state index in [4.69, 9.17) is 0 Å². The van der Waals surface area contributed by atoms with Crippen molar-refractivity contribution in [2.75, 3.05) is 0 Å². The van der Waals surface area contributed by atoms with Crippen molar-refractivity contribution in [3.05, 3.63) is 28.2 Å². The molecule has 0 N–H and O–H groups in total. The van der Waals surface area contributed by atoms with Gasteiger partial charge in [-0.15, -0.1) is 0 Å². The first-order valence-corrected chi connectivity index (χ1v) is 4.64. The average Bonchev–Trinajstić information content (AvgIpc) is 1.92. The topological polar surface area (TPSA) is 34.9 Å². The van der Waals surface area contributed by atoms with Crippen LogP contribution in [0, 0.1) is 0 Å². The normalized spacial score (nSPS) is 11.7. The second-order valence-corrected chi connectivity index (χ2v) is 4.57. The highest BCUT2D eigenvalue weighted by Gasteiger charge is 2.18. The number of hydrogen-bond donors (Lipinski definition) is 0. The second-order valence-electron chi connectivity index (χ2n) is 3.66. The summed E-state index contributed by atoms with van der Waals surface area (Å²) in [6, 6.07) is 1.78. The minimum absolute atomic E-state index is 0.0226. The van der Waals surface area contributed by atoms with Gasteiger partial charge in [0.15, 0.2) is 0 Å². The van der Waals surface area contributed by atoms with Crippen molar-refractivity contribution in [3.63, 3.8) is 0 Å². The molecule has 0 aromatic carbocycles. The van der Waals surface area contributed by atoms with Crippen molar-refractivity contribution in [2.24, 2.45) is 0 Å². The number of aromatic nitrogens is 2. The van der Waals surface area contributed by atoms with E-state index in [1.54, 1.807) is 12.3 Å². The first kappa shape index (κ1) is 9.70. The van der Waals surface area contributed by atoms with Crippen LogP contribution in [0.2, 0.25) is 0 Å². The summed E-state index contributed by atoms with van der Waals surface area (Å²) in [4.78, 5) is 11.5. The summed E-state index contributed by atoms with van der Waals surface area (Å²) < 4.78 is 1.33. The molecule has 0 saturated heterocycles. The molecule has 12 heavy (non-hydrogen) atoms. The third-order valence-corrected chi connectivity index (χ3v) is 2.30. The lowest BCUT2D eigenvalue weighted by molar-refractivity contribution is 0.576. The van der Waals surface area contributed by atoms with E-state index in [1.807, 2.05) is 43.6 Å². The largest absolute Gasteiger partial charge is 0.279 e. The number of nitrogens with zero attached hydrogens (tertiary/aromatic N) is 2. The fraction of sp³-hybridized carbons (Fsp3) is 0.500. The molecule has 0 bridgehead atoms. The molecule has 0 aliphatic rings. The molecule has 0 radical (unpaired) electrons. The van der Waals surface area contributed by atoms with Crippen LogP contribution in [-0.2, 0) is 5.41 Å². The van der Waals surface area contributed by atoms with Crippen LogP contribution in [0.1, 0.15) is 26.3 Å². The average molecular weight is 278 g/mol. The zero-order valence-electron chi connectivity index (χ0n) is 7.34. The van der Waals surface area contributed by atoms with Crippen molar-refractivity contribution in [1.82, 2.24) is 7.99 Å². The Labute approximate surface area is 85.3 Å². The van der Waals surface area contributed by atoms with E-state index in [1.165, 1.54) is 2.90 Å². The minimum atomic E-state index is -0.104. The van der Waals surface area contributed by atoms with E-state index in [-0.39, 0.29) is 11.0 Å². The van der Waals surface area contributed by atoms with E-state index < -0.39 is 0 Å². The van der Waals surface area contributed by atoms with Crippen molar-refractivity contribution in [3.8, 4) is 0 Å². The summed E-state index contributed by atoms with van der Waals surface area (Å²) >= 11 is 1.88. The number of hydrogen-bond acceptors (Lipinski definition) is 2. The maximum atomic E-state index is 11.5. The molecule has 1 rings (SSSR count). The molecule has 0 unspecified atom stereocenters. The lowest BCUT2D eigenvalue weighted by atomic mass is 9.88. The van der Waals surface area contributed by atoms with Gasteiger partial charge in [-0.3, -0.25) is 4.79 Å². The highest BCUT2D eigenvalue weighted by Crippen LogP contribution is 2.17. The van der Waals surface area contributed by atoms with Crippen molar-refractivity contribution in [1.29, 1.82) is 0 Å². The van der Waals surface area contributed by atoms with Crippen LogP contribution in [0.5, 0.6) is 0 Å². The van der Waals surface area contributed by atoms with Gasteiger partial charge < -0.3 is 0 Å². The SMILES string of the molecule is CC(C)(C)c1ccnn(I)c1=O. The summed E-state index contributed by atoms with van der Waals surface area (Å²) in [5.74, 6) is 0. The van der Waals surface area contributed by atoms with Crippen LogP contribution < -0.4 is 5.56 Å². The van der Waals surface area contributed by atoms with Gasteiger partial charge in [-0.25, -0.2) is 0 Å². The molecule has 0 aliphatic heterocycles. The first-order valence-electron chi connectivity index (χ1n) is 3.68. The van der Waals surface area contributed by atoms with Crippen LogP contribution in [-0.4, -0.2) is 7.99 Å². The van der Waals surface area contributed by atoms with E-state index in [0.29, 0.717) is 0 Å². The Kier molecular flexibility index (Phi) is 2.55. The molecule has 3 nitrogen and oxygen atoms in total. The fourth-order valence-corrected chi connectivity index (χ4v) is 1.36. The van der Waals surface area contributed by atoms with Gasteiger partial charge in [-0.1, -0.05) is 20.8 Å². The summed E-state index contributed by atoms with van der Waals surface area (Å²) in [6.07, 6.45) is 1.65. The Morgan fingerprint density at radius 1 is 1.50 bits per heavy atom. The van der Waals surface area contributed by atoms with Crippen LogP contribution in [0.3, 0.4) is 0 Å². The molecule has 1 aromatic rings. The monoisotopic (exact) mass is 278 g/mol. The molecule has 0 saturated carbocycles. The fourth-order valence-electron chi connectivity index (χ4n) is 0.960. The van der Waals surface area contributed by atoms with Crippen LogP contribution in [0.25, 0.3) is 0 Å². The van der Waals surface area contributed by atoms with Gasteiger partial charge in [-0.2, -0.15) is 7.99 Å². The van der Waals surface area contributed by atoms with Crippen LogP contribution in [0.15, 0.2) is 17.1 Å². The first-order chi connectivity index (χ1) is 5.43. The van der Waals surface area contributed by atoms with Gasteiger partial charge in [0.1, 0.15) is 0 Å². The molecule has 1 heterocycles. The lowest BCUT2D eigenvalue weighted by Crippen LogP contribution is -2.27. The van der Waals surface area contributed by atoms with Crippen LogP contribution >= 0.6 is 22.9 Å². The van der Waals surface area contributed by atoms with Gasteiger partial charge in [0.2, 0.25) is 0 Å². The third-order valence-electron chi connectivity index (χ3n) is 1.62. The standard InChI is InChI=1S/C8H11IN2O/c1-8(2,3)6-4-5-10-11(9)7(6)12/h4-5H,1-3H3. The Bertz CT molecular complexity index is 338. The molecule has 0 aliphatic carbocycles. The summed E-state index contributed by atoms with van der Waals surface area (Å²) in [7, 11) is 0. The van der Waals surface area contributed by atoms with Crippen molar-refractivity contribution >= 4 is 22.9 Å². The lowest BCUT2D eigenvalue weighted by Gasteiger charge is -2.17. The van der Waals surface area contributed by atoms with Gasteiger partial charge in [0.05, 0.1) is 22.9 Å². The minimum Gasteiger partial charge on any atom is -0.267 e. The highest BCUT2D eigenvalue weighted by atomic mass is 127. The molecule has 0 atom stereocenters. The Morgan fingerprint density at radius 2 is 2.08 bits per heavy atom. The Balaban J connectivity index is 3.37. The molecule has 4 heteroatoms. The zero-order valence-corrected chi connectivity index (χ0v) is 9.49. The van der Waals surface area contributed by atoms with E-state index >= 15 is 0 Å². The molecule has 0 spiro atoms. The summed E-state index contributed by atoms with van der Waals surface area (Å²) in [6.45, 7) is 6.04. The Morgan fingerprint density at radius 3 is 2.50 bits per heavy atom. The van der Waals surface area contributed by atoms with Gasteiger partial charge in [0.25, 0.3) is 5.56 Å². The molecular formula is C8H11IN2O. The number of halogens is 1. The highest BCUT2D eigenvalue weighted by molar-refractivity contribution is 14.1. The molecule has 0 fully saturated rings. The molecule has 1 aromatic heterocycles. The number of rotatable bonds is 0. The summed E-state index contributed by atoms with van der Waals surface area (Å²) in [5.41, 5.74) is 0.671. The summed E-state index contributed by atoms with van der Waals surface area (Å²) in [5, 5.41) is 3.84. The smallest absolute Gasteiger partial charge is 0.267 e. The molecule has 0 amide bonds. The quantitative estimate of drug-likeness (QED) is 0.677. The third kappa shape index (κ3) is 1.85. The van der Waals surface area contributed by atoms with Gasteiger partial charge >= 0.3 is 0 Å². The molecular weight excluding hydrogens is 267 g/mol. The predicted molar refractivity (Wildman–Crippen MR) is 56.6 cm³/mol. The van der Waals surface area contributed by atoms with E-state index in [9.17, 15) is 4.79 Å². The second kappa shape index (κ2) is 3.16. The maximum Gasteiger partial charge on any atom is 0.279 e. The Hall–Kier alpha value is -0.390. The predicted octanol–water partition coefficient (Wildman–Crippen LogP) is 1.74. The van der Waals surface area contributed by atoms with Crippen molar-refractivity contribution in [2.45, 2.75) is 26.2 Å². The van der Waals surface area contributed by atoms with Gasteiger partial charge in [0, 0.05) is 11.8 Å². The van der Waals surface area contributed by atoms with Crippen LogP contribution in [0.4, 0.5) is 0 Å². The maximum absolute atomic E-state index is 11.5. The van der Waals surface area contributed by atoms with Gasteiger partial charge in [-0.05, 0) is 11.5 Å². The molecule has 66 valence electrons. The van der Waals surface area contributed by atoms with E-state index in [0.717, 1.165) is 5.56 Å². The van der Waals surface area contributed by atoms with E-state index in [2.05, 4.69) is 5.10 Å². The van der Waals surface area contributed by atoms with Crippen molar-refractivity contribution < 1.29 is 0 Å². The zero-order chi connectivity index (χ0) is 9.35.